The Morgan fingerprint density at radius 2 is 2.50 bits per heavy atom. The molecule has 0 bridgehead atoms. The van der Waals surface area contributed by atoms with Gasteiger partial charge in [-0.15, -0.1) is 0 Å². The van der Waals surface area contributed by atoms with Crippen LogP contribution in [0, 0.1) is 0 Å². The van der Waals surface area contributed by atoms with Gasteiger partial charge < -0.3 is 14.8 Å². The first-order valence-corrected chi connectivity index (χ1v) is 5.24. The molecule has 0 radical (unpaired) electrons. The Hall–Kier alpha value is -0.800. The second-order valence-electron chi connectivity index (χ2n) is 4.08. The molecule has 0 aromatic carbocycles. The zero-order valence-corrected chi connectivity index (χ0v) is 8.33. The molecule has 1 aromatic heterocycles. The monoisotopic (exact) mass is 195 g/mol. The standard InChI is InChI=1S/C11H17NO2/c13-11(5-2-7-12-9-11)6-4-10-3-1-8-14-10/h1,3,8,12-13H,2,4-7,9H2. The summed E-state index contributed by atoms with van der Waals surface area (Å²) in [6.07, 6.45) is 5.26. The van der Waals surface area contributed by atoms with E-state index in [0.717, 1.165) is 38.0 Å². The van der Waals surface area contributed by atoms with Gasteiger partial charge in [0.15, 0.2) is 0 Å². The van der Waals surface area contributed by atoms with Gasteiger partial charge in [0.1, 0.15) is 5.76 Å². The zero-order valence-electron chi connectivity index (χ0n) is 8.33. The van der Waals surface area contributed by atoms with Gasteiger partial charge in [-0.1, -0.05) is 0 Å². The van der Waals surface area contributed by atoms with E-state index in [0.29, 0.717) is 6.54 Å². The van der Waals surface area contributed by atoms with Crippen molar-refractivity contribution in [2.24, 2.45) is 0 Å². The molecule has 1 aromatic rings. The first kappa shape index (κ1) is 9.74. The summed E-state index contributed by atoms with van der Waals surface area (Å²) in [5.41, 5.74) is -0.523. The summed E-state index contributed by atoms with van der Waals surface area (Å²) in [6, 6.07) is 3.85. The topological polar surface area (TPSA) is 45.4 Å². The van der Waals surface area contributed by atoms with Crippen LogP contribution in [0.4, 0.5) is 0 Å². The van der Waals surface area contributed by atoms with Crippen molar-refractivity contribution in [3.05, 3.63) is 24.2 Å². The third-order valence-electron chi connectivity index (χ3n) is 2.87. The van der Waals surface area contributed by atoms with Crippen LogP contribution in [-0.4, -0.2) is 23.8 Å². The van der Waals surface area contributed by atoms with Crippen LogP contribution < -0.4 is 5.32 Å². The maximum atomic E-state index is 10.2. The molecule has 0 aliphatic carbocycles. The molecular formula is C11H17NO2. The quantitative estimate of drug-likeness (QED) is 0.764. The molecule has 0 amide bonds. The lowest BCUT2D eigenvalue weighted by molar-refractivity contribution is 0.00781. The molecule has 14 heavy (non-hydrogen) atoms. The highest BCUT2D eigenvalue weighted by atomic mass is 16.3. The van der Waals surface area contributed by atoms with Gasteiger partial charge in [0.25, 0.3) is 0 Å². The molecule has 3 nitrogen and oxygen atoms in total. The Labute approximate surface area is 84.1 Å². The number of hydrogen-bond donors (Lipinski definition) is 2. The van der Waals surface area contributed by atoms with Crippen molar-refractivity contribution in [1.82, 2.24) is 5.32 Å². The van der Waals surface area contributed by atoms with Gasteiger partial charge in [-0.05, 0) is 37.9 Å². The van der Waals surface area contributed by atoms with E-state index in [9.17, 15) is 5.11 Å². The molecule has 2 heterocycles. The molecule has 1 fully saturated rings. The van der Waals surface area contributed by atoms with Crippen LogP contribution in [0.3, 0.4) is 0 Å². The van der Waals surface area contributed by atoms with Crippen molar-refractivity contribution in [3.63, 3.8) is 0 Å². The summed E-state index contributed by atoms with van der Waals surface area (Å²) in [4.78, 5) is 0. The molecule has 1 atom stereocenters. The average Bonchev–Trinajstić information content (AvgIpc) is 2.69. The Morgan fingerprint density at radius 3 is 3.14 bits per heavy atom. The molecule has 3 heteroatoms. The highest BCUT2D eigenvalue weighted by Gasteiger charge is 2.28. The van der Waals surface area contributed by atoms with Gasteiger partial charge in [-0.25, -0.2) is 0 Å². The number of nitrogens with one attached hydrogen (secondary N) is 1. The smallest absolute Gasteiger partial charge is 0.103 e. The molecule has 1 saturated heterocycles. The normalized spacial score (nSPS) is 27.8. The van der Waals surface area contributed by atoms with Gasteiger partial charge in [-0.2, -0.15) is 0 Å². The number of β-amino-alcohol motifs (C(OH)–C–C–N with tert-alkyl or cyclic N) is 1. The van der Waals surface area contributed by atoms with Crippen molar-refractivity contribution in [2.75, 3.05) is 13.1 Å². The van der Waals surface area contributed by atoms with E-state index in [1.165, 1.54) is 0 Å². The summed E-state index contributed by atoms with van der Waals surface area (Å²) in [7, 11) is 0. The molecule has 1 aliphatic heterocycles. The van der Waals surface area contributed by atoms with Crippen molar-refractivity contribution in [3.8, 4) is 0 Å². The van der Waals surface area contributed by atoms with Crippen molar-refractivity contribution in [1.29, 1.82) is 0 Å². The van der Waals surface area contributed by atoms with Crippen LogP contribution in [0.15, 0.2) is 22.8 Å². The van der Waals surface area contributed by atoms with Crippen LogP contribution in [0.25, 0.3) is 0 Å². The third-order valence-corrected chi connectivity index (χ3v) is 2.87. The number of aliphatic hydroxyl groups is 1. The van der Waals surface area contributed by atoms with Crippen LogP contribution in [-0.2, 0) is 6.42 Å². The van der Waals surface area contributed by atoms with Gasteiger partial charge >= 0.3 is 0 Å². The SMILES string of the molecule is OC1(CCc2ccco2)CCCNC1. The molecule has 2 N–H and O–H groups in total. The Kier molecular flexibility index (Phi) is 2.89. The second-order valence-corrected chi connectivity index (χ2v) is 4.08. The lowest BCUT2D eigenvalue weighted by Crippen LogP contribution is -2.45. The molecule has 0 spiro atoms. The maximum Gasteiger partial charge on any atom is 0.103 e. The minimum absolute atomic E-state index is 0.523. The Morgan fingerprint density at radius 1 is 1.57 bits per heavy atom. The van der Waals surface area contributed by atoms with Crippen molar-refractivity contribution >= 4 is 0 Å². The predicted molar refractivity (Wildman–Crippen MR) is 54.1 cm³/mol. The Bertz CT molecular complexity index is 263. The fraction of sp³-hybridized carbons (Fsp3) is 0.636. The van der Waals surface area contributed by atoms with E-state index in [4.69, 9.17) is 4.42 Å². The van der Waals surface area contributed by atoms with Crippen molar-refractivity contribution in [2.45, 2.75) is 31.3 Å². The number of hydrogen-bond acceptors (Lipinski definition) is 3. The molecule has 1 unspecified atom stereocenters. The molecule has 2 rings (SSSR count). The third kappa shape index (κ3) is 2.36. The number of furan rings is 1. The van der Waals surface area contributed by atoms with Gasteiger partial charge in [0, 0.05) is 13.0 Å². The summed E-state index contributed by atoms with van der Waals surface area (Å²) < 4.78 is 5.24. The maximum absolute atomic E-state index is 10.2. The average molecular weight is 195 g/mol. The number of rotatable bonds is 3. The van der Waals surface area contributed by atoms with Crippen LogP contribution in [0.2, 0.25) is 0 Å². The van der Waals surface area contributed by atoms with Gasteiger partial charge in [-0.3, -0.25) is 0 Å². The highest BCUT2D eigenvalue weighted by molar-refractivity contribution is 5.00. The minimum Gasteiger partial charge on any atom is -0.469 e. The first-order valence-electron chi connectivity index (χ1n) is 5.24. The van der Waals surface area contributed by atoms with Crippen molar-refractivity contribution < 1.29 is 9.52 Å². The summed E-state index contributed by atoms with van der Waals surface area (Å²) in [5, 5.41) is 13.4. The van der Waals surface area contributed by atoms with E-state index in [1.807, 2.05) is 12.1 Å². The summed E-state index contributed by atoms with van der Waals surface area (Å²) in [5.74, 6) is 0.962. The molecule has 1 aliphatic rings. The minimum atomic E-state index is -0.523. The lowest BCUT2D eigenvalue weighted by atomic mass is 9.89. The summed E-state index contributed by atoms with van der Waals surface area (Å²) in [6.45, 7) is 1.75. The van der Waals surface area contributed by atoms with Crippen LogP contribution in [0.5, 0.6) is 0 Å². The molecular weight excluding hydrogens is 178 g/mol. The number of piperidine rings is 1. The van der Waals surface area contributed by atoms with E-state index < -0.39 is 5.60 Å². The van der Waals surface area contributed by atoms with E-state index in [2.05, 4.69) is 5.32 Å². The van der Waals surface area contributed by atoms with E-state index in [-0.39, 0.29) is 0 Å². The summed E-state index contributed by atoms with van der Waals surface area (Å²) >= 11 is 0. The Balaban J connectivity index is 1.84. The van der Waals surface area contributed by atoms with Crippen LogP contribution >= 0.6 is 0 Å². The number of aryl methyl sites for hydroxylation is 1. The fourth-order valence-corrected chi connectivity index (χ4v) is 1.98. The lowest BCUT2D eigenvalue weighted by Gasteiger charge is -2.32. The van der Waals surface area contributed by atoms with Gasteiger partial charge in [0.05, 0.1) is 11.9 Å². The zero-order chi connectivity index (χ0) is 9.86. The first-order chi connectivity index (χ1) is 6.79. The fourth-order valence-electron chi connectivity index (χ4n) is 1.98. The van der Waals surface area contributed by atoms with E-state index in [1.54, 1.807) is 6.26 Å². The van der Waals surface area contributed by atoms with Gasteiger partial charge in [0.2, 0.25) is 0 Å². The van der Waals surface area contributed by atoms with E-state index >= 15 is 0 Å². The molecule has 78 valence electrons. The largest absolute Gasteiger partial charge is 0.469 e. The second kappa shape index (κ2) is 4.15. The van der Waals surface area contributed by atoms with Crippen LogP contribution in [0.1, 0.15) is 25.0 Å². The highest BCUT2D eigenvalue weighted by Crippen LogP contribution is 2.22. The predicted octanol–water partition coefficient (Wildman–Crippen LogP) is 1.33. The molecule has 0 saturated carbocycles.